The van der Waals surface area contributed by atoms with Crippen molar-refractivity contribution in [2.75, 3.05) is 11.4 Å². The topological polar surface area (TPSA) is 87.2 Å². The molecule has 0 fully saturated rings. The molecule has 0 radical (unpaired) electrons. The first-order valence-corrected chi connectivity index (χ1v) is 5.20. The zero-order valence-corrected chi connectivity index (χ0v) is 9.09. The number of primary amides is 1. The summed E-state index contributed by atoms with van der Waals surface area (Å²) in [7, 11) is 0. The van der Waals surface area contributed by atoms with E-state index in [2.05, 4.69) is 0 Å². The van der Waals surface area contributed by atoms with Gasteiger partial charge in [-0.15, -0.1) is 0 Å². The second kappa shape index (κ2) is 4.26. The molecule has 17 heavy (non-hydrogen) atoms. The quantitative estimate of drug-likeness (QED) is 0.580. The van der Waals surface area contributed by atoms with Crippen LogP contribution in [0.2, 0.25) is 0 Å². The number of anilines is 1. The summed E-state index contributed by atoms with van der Waals surface area (Å²) >= 11 is 0. The van der Waals surface area contributed by atoms with Gasteiger partial charge in [0, 0.05) is 5.69 Å². The molecule has 0 aliphatic carbocycles. The Morgan fingerprint density at radius 3 is 2.88 bits per heavy atom. The number of carbonyl (C=O) groups is 2. The van der Waals surface area contributed by atoms with Crippen LogP contribution in [0.15, 0.2) is 24.3 Å². The lowest BCUT2D eigenvalue weighted by molar-refractivity contribution is -0.132. The summed E-state index contributed by atoms with van der Waals surface area (Å²) in [5.74, 6) is -1.90. The fraction of sp³-hybridized carbons (Fsp3) is 0.250. The monoisotopic (exact) mass is 229 g/mol. The van der Waals surface area contributed by atoms with E-state index >= 15 is 0 Å². The number of benzene rings is 1. The minimum Gasteiger partial charge on any atom is -0.369 e. The lowest BCUT2D eigenvalue weighted by Gasteiger charge is -2.31. The minimum absolute atomic E-state index is 0.0698. The summed E-state index contributed by atoms with van der Waals surface area (Å²) in [5.41, 5.74) is 6.76. The van der Waals surface area contributed by atoms with Gasteiger partial charge in [-0.3, -0.25) is 14.5 Å². The number of hydrogen-bond donors (Lipinski definition) is 1. The molecular formula is C12H11N3O2. The number of nitrogens with zero attached hydrogens (tertiary/aromatic N) is 2. The Morgan fingerprint density at radius 1 is 1.53 bits per heavy atom. The number of para-hydroxylation sites is 1. The molecule has 0 saturated heterocycles. The summed E-state index contributed by atoms with van der Waals surface area (Å²) in [6.45, 7) is -0.0698. The van der Waals surface area contributed by atoms with Crippen molar-refractivity contribution in [3.63, 3.8) is 0 Å². The normalized spacial score (nSPS) is 18.4. The number of hydrogen-bond acceptors (Lipinski definition) is 3. The molecular weight excluding hydrogens is 218 g/mol. The van der Waals surface area contributed by atoms with Crippen molar-refractivity contribution in [2.24, 2.45) is 11.7 Å². The smallest absolute Gasteiger partial charge is 0.240 e. The SMILES string of the molecule is N#CCN1C(=O)C(C(N)=O)Cc2ccccc21. The van der Waals surface area contributed by atoms with Crippen LogP contribution < -0.4 is 10.6 Å². The van der Waals surface area contributed by atoms with Gasteiger partial charge in [0.25, 0.3) is 0 Å². The van der Waals surface area contributed by atoms with Crippen LogP contribution in [0.1, 0.15) is 5.56 Å². The van der Waals surface area contributed by atoms with Crippen molar-refractivity contribution in [3.05, 3.63) is 29.8 Å². The zero-order valence-electron chi connectivity index (χ0n) is 9.09. The molecule has 2 rings (SSSR count). The Morgan fingerprint density at radius 2 is 2.24 bits per heavy atom. The molecule has 1 aromatic rings. The Balaban J connectivity index is 2.47. The highest BCUT2D eigenvalue weighted by molar-refractivity contribution is 6.09. The van der Waals surface area contributed by atoms with Crippen LogP contribution in [-0.4, -0.2) is 18.4 Å². The van der Waals surface area contributed by atoms with E-state index in [1.807, 2.05) is 18.2 Å². The van der Waals surface area contributed by atoms with Gasteiger partial charge < -0.3 is 5.73 Å². The summed E-state index contributed by atoms with van der Waals surface area (Å²) < 4.78 is 0. The molecule has 0 spiro atoms. The largest absolute Gasteiger partial charge is 0.369 e. The van der Waals surface area contributed by atoms with E-state index in [9.17, 15) is 9.59 Å². The predicted molar refractivity (Wildman–Crippen MR) is 60.8 cm³/mol. The summed E-state index contributed by atoms with van der Waals surface area (Å²) in [6, 6.07) is 9.15. The highest BCUT2D eigenvalue weighted by Gasteiger charge is 2.35. The number of carbonyl (C=O) groups excluding carboxylic acids is 2. The van der Waals surface area contributed by atoms with Gasteiger partial charge in [-0.05, 0) is 18.1 Å². The number of rotatable bonds is 2. The van der Waals surface area contributed by atoms with Crippen LogP contribution in [-0.2, 0) is 16.0 Å². The average molecular weight is 229 g/mol. The molecule has 5 heteroatoms. The second-order valence-electron chi connectivity index (χ2n) is 3.87. The Labute approximate surface area is 98.4 Å². The van der Waals surface area contributed by atoms with Gasteiger partial charge in [-0.1, -0.05) is 18.2 Å². The van der Waals surface area contributed by atoms with Gasteiger partial charge in [0.2, 0.25) is 11.8 Å². The van der Waals surface area contributed by atoms with Crippen LogP contribution in [0.3, 0.4) is 0 Å². The molecule has 1 aliphatic heterocycles. The summed E-state index contributed by atoms with van der Waals surface area (Å²) in [6.07, 6.45) is 0.312. The third-order valence-electron chi connectivity index (χ3n) is 2.84. The predicted octanol–water partition coefficient (Wildman–Crippen LogP) is 0.201. The first-order valence-electron chi connectivity index (χ1n) is 5.20. The van der Waals surface area contributed by atoms with E-state index in [1.165, 1.54) is 4.90 Å². The van der Waals surface area contributed by atoms with Gasteiger partial charge in [0.15, 0.2) is 0 Å². The van der Waals surface area contributed by atoms with Crippen molar-refractivity contribution in [1.82, 2.24) is 0 Å². The first-order chi connectivity index (χ1) is 8.15. The molecule has 5 nitrogen and oxygen atoms in total. The van der Waals surface area contributed by atoms with Crippen molar-refractivity contribution in [3.8, 4) is 6.07 Å². The maximum absolute atomic E-state index is 12.0. The Hall–Kier alpha value is -2.35. The lowest BCUT2D eigenvalue weighted by Crippen LogP contribution is -2.46. The zero-order chi connectivity index (χ0) is 12.4. The number of amides is 2. The van der Waals surface area contributed by atoms with Gasteiger partial charge >= 0.3 is 0 Å². The molecule has 1 atom stereocenters. The molecule has 0 saturated carbocycles. The minimum atomic E-state index is -0.863. The number of nitrogens with two attached hydrogens (primary N) is 1. The lowest BCUT2D eigenvalue weighted by atomic mass is 9.91. The fourth-order valence-electron chi connectivity index (χ4n) is 2.02. The van der Waals surface area contributed by atoms with Gasteiger partial charge in [0.05, 0.1) is 6.07 Å². The van der Waals surface area contributed by atoms with Crippen molar-refractivity contribution >= 4 is 17.5 Å². The standard InChI is InChI=1S/C12H11N3O2/c13-5-6-15-10-4-2-1-3-8(10)7-9(11(14)16)12(15)17/h1-4,9H,6-7H2,(H2,14,16). The van der Waals surface area contributed by atoms with E-state index in [4.69, 9.17) is 11.0 Å². The van der Waals surface area contributed by atoms with Gasteiger partial charge in [-0.25, -0.2) is 0 Å². The van der Waals surface area contributed by atoms with Crippen LogP contribution in [0.25, 0.3) is 0 Å². The van der Waals surface area contributed by atoms with E-state index < -0.39 is 17.7 Å². The van der Waals surface area contributed by atoms with Crippen molar-refractivity contribution in [1.29, 1.82) is 5.26 Å². The van der Waals surface area contributed by atoms with Crippen molar-refractivity contribution < 1.29 is 9.59 Å². The first kappa shape index (κ1) is 11.1. The highest BCUT2D eigenvalue weighted by Crippen LogP contribution is 2.29. The Bertz CT molecular complexity index is 519. The van der Waals surface area contributed by atoms with Crippen LogP contribution in [0, 0.1) is 17.2 Å². The third kappa shape index (κ3) is 1.85. The van der Waals surface area contributed by atoms with Crippen LogP contribution in [0.4, 0.5) is 5.69 Å². The molecule has 0 aromatic heterocycles. The highest BCUT2D eigenvalue weighted by atomic mass is 16.2. The summed E-state index contributed by atoms with van der Waals surface area (Å²) in [4.78, 5) is 24.5. The van der Waals surface area contributed by atoms with E-state index in [0.29, 0.717) is 12.1 Å². The van der Waals surface area contributed by atoms with Crippen LogP contribution in [0.5, 0.6) is 0 Å². The molecule has 0 bridgehead atoms. The number of fused-ring (bicyclic) bond motifs is 1. The molecule has 2 N–H and O–H groups in total. The maximum Gasteiger partial charge on any atom is 0.240 e. The maximum atomic E-state index is 12.0. The molecule has 1 aliphatic rings. The molecule has 1 unspecified atom stereocenters. The van der Waals surface area contributed by atoms with Crippen molar-refractivity contribution in [2.45, 2.75) is 6.42 Å². The fourth-order valence-corrected chi connectivity index (χ4v) is 2.02. The molecule has 1 heterocycles. The average Bonchev–Trinajstić information content (AvgIpc) is 2.32. The molecule has 1 aromatic carbocycles. The Kier molecular flexibility index (Phi) is 2.79. The summed E-state index contributed by atoms with van der Waals surface area (Å²) in [5, 5.41) is 8.73. The van der Waals surface area contributed by atoms with E-state index in [1.54, 1.807) is 12.1 Å². The second-order valence-corrected chi connectivity index (χ2v) is 3.87. The van der Waals surface area contributed by atoms with Gasteiger partial charge in [0.1, 0.15) is 12.5 Å². The van der Waals surface area contributed by atoms with Crippen LogP contribution >= 0.6 is 0 Å². The molecule has 86 valence electrons. The molecule has 2 amide bonds. The third-order valence-corrected chi connectivity index (χ3v) is 2.84. The number of nitriles is 1. The van der Waals surface area contributed by atoms with Gasteiger partial charge in [-0.2, -0.15) is 5.26 Å². The van der Waals surface area contributed by atoms with E-state index in [0.717, 1.165) is 5.56 Å². The van der Waals surface area contributed by atoms with E-state index in [-0.39, 0.29) is 6.54 Å².